The fourth-order valence-corrected chi connectivity index (χ4v) is 3.06. The molecule has 0 saturated carbocycles. The second kappa shape index (κ2) is 7.11. The molecule has 0 aliphatic carbocycles. The van der Waals surface area contributed by atoms with E-state index in [0.717, 1.165) is 5.52 Å². The molecule has 3 aromatic rings. The van der Waals surface area contributed by atoms with Crippen LogP contribution in [0.25, 0.3) is 11.0 Å². The first-order valence-corrected chi connectivity index (χ1v) is 8.25. The summed E-state index contributed by atoms with van der Waals surface area (Å²) < 4.78 is 30.3. The largest absolute Gasteiger partial charge is 0.352 e. The molecule has 26 heavy (non-hydrogen) atoms. The average molecular weight is 359 g/mol. The zero-order chi connectivity index (χ0) is 18.8. The van der Waals surface area contributed by atoms with E-state index < -0.39 is 23.6 Å². The summed E-state index contributed by atoms with van der Waals surface area (Å²) in [6, 6.07) is 10.4. The van der Waals surface area contributed by atoms with Gasteiger partial charge in [-0.2, -0.15) is 0 Å². The fraction of sp³-hybridized carbons (Fsp3) is 0.263. The summed E-state index contributed by atoms with van der Waals surface area (Å²) >= 11 is 0. The Kier molecular flexibility index (Phi) is 4.88. The van der Waals surface area contributed by atoms with Crippen LogP contribution >= 0.6 is 0 Å². The summed E-state index contributed by atoms with van der Waals surface area (Å²) in [7, 11) is 1.64. The maximum atomic E-state index is 13.7. The number of carbonyl (C=O) groups is 1. The molecule has 0 aliphatic rings. The van der Waals surface area contributed by atoms with E-state index in [-0.39, 0.29) is 24.2 Å². The van der Waals surface area contributed by atoms with Crippen molar-refractivity contribution in [3.8, 4) is 0 Å². The average Bonchev–Trinajstić information content (AvgIpc) is 2.84. The number of para-hydroxylation sites is 2. The van der Waals surface area contributed by atoms with Crippen LogP contribution in [0.5, 0.6) is 0 Å². The van der Waals surface area contributed by atoms with Crippen LogP contribution in [0.15, 0.2) is 47.3 Å². The van der Waals surface area contributed by atoms with Gasteiger partial charge < -0.3 is 5.32 Å². The van der Waals surface area contributed by atoms with Gasteiger partial charge in [-0.3, -0.25) is 13.9 Å². The van der Waals surface area contributed by atoms with Crippen LogP contribution in [-0.4, -0.2) is 21.1 Å². The highest BCUT2D eigenvalue weighted by atomic mass is 19.1. The van der Waals surface area contributed by atoms with Gasteiger partial charge in [0.1, 0.15) is 18.2 Å². The second-order valence-corrected chi connectivity index (χ2v) is 6.29. The summed E-state index contributed by atoms with van der Waals surface area (Å²) in [6.07, 6.45) is 0.0225. The molecular formula is C19H19F2N3O2. The molecule has 0 radical (unpaired) electrons. The zero-order valence-electron chi connectivity index (χ0n) is 14.5. The molecule has 5 nitrogen and oxygen atoms in total. The van der Waals surface area contributed by atoms with Gasteiger partial charge in [0.15, 0.2) is 0 Å². The lowest BCUT2D eigenvalue weighted by Crippen LogP contribution is -2.38. The van der Waals surface area contributed by atoms with Gasteiger partial charge in [0, 0.05) is 18.7 Å². The Bertz CT molecular complexity index is 1000. The molecule has 1 aromatic heterocycles. The first kappa shape index (κ1) is 17.8. The maximum Gasteiger partial charge on any atom is 0.329 e. The predicted molar refractivity (Wildman–Crippen MR) is 94.8 cm³/mol. The van der Waals surface area contributed by atoms with Gasteiger partial charge in [0.25, 0.3) is 0 Å². The Morgan fingerprint density at radius 3 is 2.35 bits per heavy atom. The van der Waals surface area contributed by atoms with E-state index in [1.807, 2.05) is 6.07 Å². The Morgan fingerprint density at radius 2 is 1.69 bits per heavy atom. The van der Waals surface area contributed by atoms with Crippen LogP contribution in [0, 0.1) is 11.6 Å². The van der Waals surface area contributed by atoms with Crippen LogP contribution in [0.1, 0.15) is 12.5 Å². The minimum atomic E-state index is -0.642. The highest BCUT2D eigenvalue weighted by Crippen LogP contribution is 2.14. The standard InChI is InChI=1S/C19H19F2N3O2/c1-12(10-13-14(20)6-5-7-15(13)21)22-18(25)11-24-17-9-4-3-8-16(17)23(2)19(24)26/h3-9,12H,10-11H2,1-2H3,(H,22,25)/t12-/m1/s1. The Morgan fingerprint density at radius 1 is 1.08 bits per heavy atom. The molecule has 0 fully saturated rings. The van der Waals surface area contributed by atoms with E-state index in [1.54, 1.807) is 32.2 Å². The van der Waals surface area contributed by atoms with Gasteiger partial charge in [-0.25, -0.2) is 13.6 Å². The van der Waals surface area contributed by atoms with Gasteiger partial charge in [0.05, 0.1) is 11.0 Å². The van der Waals surface area contributed by atoms with Crippen molar-refractivity contribution in [2.45, 2.75) is 25.9 Å². The van der Waals surface area contributed by atoms with E-state index in [1.165, 1.54) is 27.3 Å². The predicted octanol–water partition coefficient (Wildman–Crippen LogP) is 2.37. The number of imidazole rings is 1. The van der Waals surface area contributed by atoms with E-state index in [0.29, 0.717) is 5.52 Å². The van der Waals surface area contributed by atoms with Gasteiger partial charge in [-0.05, 0) is 37.6 Å². The molecule has 0 aliphatic heterocycles. The summed E-state index contributed by atoms with van der Waals surface area (Å²) in [6.45, 7) is 1.50. The number of nitrogens with one attached hydrogen (secondary N) is 1. The van der Waals surface area contributed by atoms with Crippen molar-refractivity contribution >= 4 is 16.9 Å². The molecule has 0 unspecified atom stereocenters. The molecule has 136 valence electrons. The number of amides is 1. The third kappa shape index (κ3) is 3.37. The number of carbonyl (C=O) groups excluding carboxylic acids is 1. The quantitative estimate of drug-likeness (QED) is 0.760. The van der Waals surface area contributed by atoms with Gasteiger partial charge in [-0.15, -0.1) is 0 Å². The molecule has 0 saturated heterocycles. The normalized spacial score (nSPS) is 12.3. The summed E-state index contributed by atoms with van der Waals surface area (Å²) in [5.74, 6) is -1.68. The lowest BCUT2D eigenvalue weighted by Gasteiger charge is -2.15. The number of halogens is 2. The molecule has 7 heteroatoms. The van der Waals surface area contributed by atoms with Gasteiger partial charge >= 0.3 is 5.69 Å². The van der Waals surface area contributed by atoms with E-state index >= 15 is 0 Å². The number of rotatable bonds is 5. The number of fused-ring (bicyclic) bond motifs is 1. The topological polar surface area (TPSA) is 56.0 Å². The fourth-order valence-electron chi connectivity index (χ4n) is 3.06. The second-order valence-electron chi connectivity index (χ2n) is 6.29. The summed E-state index contributed by atoms with van der Waals surface area (Å²) in [4.78, 5) is 24.7. The lowest BCUT2D eigenvalue weighted by atomic mass is 10.1. The number of benzene rings is 2. The van der Waals surface area contributed by atoms with Crippen molar-refractivity contribution in [3.05, 3.63) is 70.1 Å². The third-order valence-corrected chi connectivity index (χ3v) is 4.33. The van der Waals surface area contributed by atoms with Crippen LogP contribution in [0.2, 0.25) is 0 Å². The van der Waals surface area contributed by atoms with Gasteiger partial charge in [-0.1, -0.05) is 18.2 Å². The molecule has 1 N–H and O–H groups in total. The third-order valence-electron chi connectivity index (χ3n) is 4.33. The first-order valence-electron chi connectivity index (χ1n) is 8.25. The Hall–Kier alpha value is -2.96. The van der Waals surface area contributed by atoms with Crippen molar-refractivity contribution in [3.63, 3.8) is 0 Å². The van der Waals surface area contributed by atoms with Crippen LogP contribution < -0.4 is 11.0 Å². The molecule has 0 spiro atoms. The zero-order valence-corrected chi connectivity index (χ0v) is 14.5. The monoisotopic (exact) mass is 359 g/mol. The molecule has 1 heterocycles. The Balaban J connectivity index is 1.74. The number of hydrogen-bond donors (Lipinski definition) is 1. The summed E-state index contributed by atoms with van der Waals surface area (Å²) in [5.41, 5.74) is 1.02. The van der Waals surface area contributed by atoms with Crippen molar-refractivity contribution in [1.29, 1.82) is 0 Å². The summed E-state index contributed by atoms with van der Waals surface area (Å²) in [5, 5.41) is 2.69. The van der Waals surface area contributed by atoms with Crippen molar-refractivity contribution in [2.24, 2.45) is 7.05 Å². The maximum absolute atomic E-state index is 13.7. The van der Waals surface area contributed by atoms with Crippen LogP contribution in [0.4, 0.5) is 8.78 Å². The SMILES string of the molecule is C[C@H](Cc1c(F)cccc1F)NC(=O)Cn1c(=O)n(C)c2ccccc21. The van der Waals surface area contributed by atoms with Gasteiger partial charge in [0.2, 0.25) is 5.91 Å². The molecular weight excluding hydrogens is 340 g/mol. The van der Waals surface area contributed by atoms with E-state index in [4.69, 9.17) is 0 Å². The smallest absolute Gasteiger partial charge is 0.329 e. The molecule has 1 amide bonds. The number of aryl methyl sites for hydroxylation is 1. The lowest BCUT2D eigenvalue weighted by molar-refractivity contribution is -0.122. The first-order chi connectivity index (χ1) is 12.4. The molecule has 3 rings (SSSR count). The van der Waals surface area contributed by atoms with Crippen molar-refractivity contribution in [2.75, 3.05) is 0 Å². The molecule has 0 bridgehead atoms. The minimum Gasteiger partial charge on any atom is -0.352 e. The highest BCUT2D eigenvalue weighted by molar-refractivity contribution is 5.81. The van der Waals surface area contributed by atoms with Crippen molar-refractivity contribution in [1.82, 2.24) is 14.5 Å². The van der Waals surface area contributed by atoms with Crippen LogP contribution in [-0.2, 0) is 24.8 Å². The number of aromatic nitrogens is 2. The Labute approximate surface area is 148 Å². The molecule has 2 aromatic carbocycles. The number of hydrogen-bond acceptors (Lipinski definition) is 2. The van der Waals surface area contributed by atoms with E-state index in [2.05, 4.69) is 5.32 Å². The minimum absolute atomic E-state index is 0.0225. The molecule has 1 atom stereocenters. The van der Waals surface area contributed by atoms with Crippen LogP contribution in [0.3, 0.4) is 0 Å². The number of nitrogens with zero attached hydrogens (tertiary/aromatic N) is 2. The van der Waals surface area contributed by atoms with Crippen molar-refractivity contribution < 1.29 is 13.6 Å². The highest BCUT2D eigenvalue weighted by Gasteiger charge is 2.17. The van der Waals surface area contributed by atoms with E-state index in [9.17, 15) is 18.4 Å².